The van der Waals surface area contributed by atoms with Crippen molar-refractivity contribution in [3.8, 4) is 0 Å². The lowest BCUT2D eigenvalue weighted by Crippen LogP contribution is -2.35. The molecule has 0 saturated carbocycles. The molecule has 144 valence electrons. The molecular formula is C21H24FNO4. The monoisotopic (exact) mass is 373 g/mol. The molecule has 1 N–H and O–H groups in total. The van der Waals surface area contributed by atoms with Crippen molar-refractivity contribution in [3.63, 3.8) is 0 Å². The molecule has 0 radical (unpaired) electrons. The maximum Gasteiger partial charge on any atom is 0.338 e. The largest absolute Gasteiger partial charge is 0.449 e. The Kier molecular flexibility index (Phi) is 7.49. The minimum Gasteiger partial charge on any atom is -0.449 e. The fourth-order valence-electron chi connectivity index (χ4n) is 2.22. The molecule has 0 spiro atoms. The van der Waals surface area contributed by atoms with Gasteiger partial charge in [-0.3, -0.25) is 4.79 Å². The Balaban J connectivity index is 1.83. The second-order valence-corrected chi connectivity index (χ2v) is 6.45. The topological polar surface area (TPSA) is 64.6 Å². The zero-order valence-corrected chi connectivity index (χ0v) is 15.7. The highest BCUT2D eigenvalue weighted by atomic mass is 19.1. The fraction of sp³-hybridized carbons (Fsp3) is 0.333. The van der Waals surface area contributed by atoms with Crippen LogP contribution >= 0.6 is 0 Å². The quantitative estimate of drug-likeness (QED) is 0.718. The summed E-state index contributed by atoms with van der Waals surface area (Å²) in [5.74, 6) is -1.33. The van der Waals surface area contributed by atoms with Crippen LogP contribution in [-0.4, -0.2) is 24.1 Å². The lowest BCUT2D eigenvalue weighted by atomic mass is 10.1. The number of nitrogens with one attached hydrogen (secondary N) is 1. The molecule has 0 aliphatic carbocycles. The molecule has 0 aliphatic heterocycles. The van der Waals surface area contributed by atoms with E-state index in [9.17, 15) is 14.0 Å². The maximum atomic E-state index is 12.9. The molecule has 0 aromatic heterocycles. The normalized spacial score (nSPS) is 11.9. The average Bonchev–Trinajstić information content (AvgIpc) is 2.65. The van der Waals surface area contributed by atoms with Gasteiger partial charge in [-0.1, -0.05) is 24.3 Å². The molecule has 5 nitrogen and oxygen atoms in total. The molecule has 2 aromatic rings. The molecule has 1 atom stereocenters. The van der Waals surface area contributed by atoms with Gasteiger partial charge >= 0.3 is 5.97 Å². The molecule has 6 heteroatoms. The van der Waals surface area contributed by atoms with E-state index >= 15 is 0 Å². The van der Waals surface area contributed by atoms with Crippen LogP contribution in [0.15, 0.2) is 48.5 Å². The van der Waals surface area contributed by atoms with Crippen LogP contribution in [-0.2, 0) is 27.4 Å². The van der Waals surface area contributed by atoms with E-state index in [0.717, 1.165) is 11.1 Å². The summed E-state index contributed by atoms with van der Waals surface area (Å²) in [5, 5.41) is 2.66. The SMILES string of the molecule is CC(C)OCc1ccc(C(=O)O[C@H](C)C(=O)NCc2ccc(F)cc2)cc1. The molecular weight excluding hydrogens is 349 g/mol. The second kappa shape index (κ2) is 9.83. The Morgan fingerprint density at radius 3 is 2.15 bits per heavy atom. The lowest BCUT2D eigenvalue weighted by molar-refractivity contribution is -0.129. The van der Waals surface area contributed by atoms with Crippen LogP contribution < -0.4 is 5.32 Å². The highest BCUT2D eigenvalue weighted by molar-refractivity contribution is 5.92. The third kappa shape index (κ3) is 6.83. The van der Waals surface area contributed by atoms with Gasteiger partial charge in [-0.15, -0.1) is 0 Å². The van der Waals surface area contributed by atoms with Crippen molar-refractivity contribution < 1.29 is 23.5 Å². The average molecular weight is 373 g/mol. The summed E-state index contributed by atoms with van der Waals surface area (Å²) in [6.07, 6.45) is -0.814. The van der Waals surface area contributed by atoms with Gasteiger partial charge < -0.3 is 14.8 Å². The highest BCUT2D eigenvalue weighted by Crippen LogP contribution is 2.10. The van der Waals surface area contributed by atoms with Crippen molar-refractivity contribution in [2.75, 3.05) is 0 Å². The van der Waals surface area contributed by atoms with Crippen molar-refractivity contribution in [1.82, 2.24) is 5.32 Å². The smallest absolute Gasteiger partial charge is 0.338 e. The highest BCUT2D eigenvalue weighted by Gasteiger charge is 2.18. The summed E-state index contributed by atoms with van der Waals surface area (Å²) in [4.78, 5) is 24.2. The third-order valence-electron chi connectivity index (χ3n) is 3.81. The van der Waals surface area contributed by atoms with Crippen LogP contribution in [0.4, 0.5) is 4.39 Å². The fourth-order valence-corrected chi connectivity index (χ4v) is 2.22. The summed E-state index contributed by atoms with van der Waals surface area (Å²) in [7, 11) is 0. The maximum absolute atomic E-state index is 12.9. The summed E-state index contributed by atoms with van der Waals surface area (Å²) < 4.78 is 23.6. The molecule has 0 fully saturated rings. The van der Waals surface area contributed by atoms with Gasteiger partial charge in [0, 0.05) is 6.54 Å². The number of amides is 1. The molecule has 27 heavy (non-hydrogen) atoms. The molecule has 0 heterocycles. The van der Waals surface area contributed by atoms with Gasteiger partial charge in [0.2, 0.25) is 0 Å². The van der Waals surface area contributed by atoms with Gasteiger partial charge in [-0.05, 0) is 56.2 Å². The van der Waals surface area contributed by atoms with Crippen molar-refractivity contribution >= 4 is 11.9 Å². The number of hydrogen-bond donors (Lipinski definition) is 1. The first-order valence-corrected chi connectivity index (χ1v) is 8.79. The Bertz CT molecular complexity index is 757. The number of ether oxygens (including phenoxy) is 2. The van der Waals surface area contributed by atoms with Crippen LogP contribution in [0.1, 0.15) is 42.3 Å². The number of carbonyl (C=O) groups excluding carboxylic acids is 2. The molecule has 0 unspecified atom stereocenters. The van der Waals surface area contributed by atoms with Gasteiger partial charge in [0.15, 0.2) is 6.10 Å². The predicted molar refractivity (Wildman–Crippen MR) is 99.5 cm³/mol. The zero-order valence-electron chi connectivity index (χ0n) is 15.7. The van der Waals surface area contributed by atoms with Gasteiger partial charge in [0.05, 0.1) is 18.3 Å². The zero-order chi connectivity index (χ0) is 19.8. The Morgan fingerprint density at radius 2 is 1.56 bits per heavy atom. The van der Waals surface area contributed by atoms with E-state index in [-0.39, 0.29) is 18.5 Å². The minimum absolute atomic E-state index is 0.129. The van der Waals surface area contributed by atoms with Crippen LogP contribution in [0.5, 0.6) is 0 Å². The number of benzene rings is 2. The van der Waals surface area contributed by atoms with Crippen molar-refractivity contribution in [2.24, 2.45) is 0 Å². The van der Waals surface area contributed by atoms with Crippen molar-refractivity contribution in [2.45, 2.75) is 46.1 Å². The molecule has 0 saturated heterocycles. The van der Waals surface area contributed by atoms with Crippen LogP contribution in [0, 0.1) is 5.82 Å². The summed E-state index contributed by atoms with van der Waals surface area (Å²) >= 11 is 0. The first-order valence-electron chi connectivity index (χ1n) is 8.79. The van der Waals surface area contributed by atoms with Gasteiger partial charge in [-0.25, -0.2) is 9.18 Å². The standard InChI is InChI=1S/C21H24FNO4/c1-14(2)26-13-17-4-8-18(9-5-17)21(25)27-15(3)20(24)23-12-16-6-10-19(22)11-7-16/h4-11,14-15H,12-13H2,1-3H3,(H,23,24)/t15-/m1/s1. The van der Waals surface area contributed by atoms with E-state index in [1.165, 1.54) is 19.1 Å². The molecule has 0 bridgehead atoms. The summed E-state index contributed by atoms with van der Waals surface area (Å²) in [6, 6.07) is 12.7. The first kappa shape index (κ1) is 20.6. The molecule has 2 aromatic carbocycles. The summed E-state index contributed by atoms with van der Waals surface area (Å²) in [5.41, 5.74) is 2.06. The predicted octanol–water partition coefficient (Wildman–Crippen LogP) is 3.61. The molecule has 0 aliphatic rings. The van der Waals surface area contributed by atoms with E-state index in [1.54, 1.807) is 36.4 Å². The number of rotatable bonds is 8. The minimum atomic E-state index is -0.943. The van der Waals surface area contributed by atoms with Gasteiger partial charge in [0.1, 0.15) is 5.82 Å². The second-order valence-electron chi connectivity index (χ2n) is 6.45. The number of esters is 1. The number of hydrogen-bond acceptors (Lipinski definition) is 4. The van der Waals surface area contributed by atoms with Crippen LogP contribution in [0.2, 0.25) is 0 Å². The Labute approximate surface area is 158 Å². The van der Waals surface area contributed by atoms with Gasteiger partial charge in [-0.2, -0.15) is 0 Å². The van der Waals surface area contributed by atoms with Crippen molar-refractivity contribution in [1.29, 1.82) is 0 Å². The van der Waals surface area contributed by atoms with E-state index in [0.29, 0.717) is 12.2 Å². The Morgan fingerprint density at radius 1 is 0.963 bits per heavy atom. The Hall–Kier alpha value is -2.73. The van der Waals surface area contributed by atoms with Crippen LogP contribution in [0.3, 0.4) is 0 Å². The van der Waals surface area contributed by atoms with Gasteiger partial charge in [0.25, 0.3) is 5.91 Å². The molecule has 1 amide bonds. The van der Waals surface area contributed by atoms with Crippen LogP contribution in [0.25, 0.3) is 0 Å². The van der Waals surface area contributed by atoms with E-state index in [4.69, 9.17) is 9.47 Å². The lowest BCUT2D eigenvalue weighted by Gasteiger charge is -2.14. The third-order valence-corrected chi connectivity index (χ3v) is 3.81. The summed E-state index contributed by atoms with van der Waals surface area (Å²) in [6.45, 7) is 6.10. The number of carbonyl (C=O) groups is 2. The number of halogens is 1. The van der Waals surface area contributed by atoms with Crippen molar-refractivity contribution in [3.05, 3.63) is 71.0 Å². The van der Waals surface area contributed by atoms with E-state index in [2.05, 4.69) is 5.32 Å². The van der Waals surface area contributed by atoms with E-state index in [1.807, 2.05) is 13.8 Å². The van der Waals surface area contributed by atoms with E-state index < -0.39 is 18.0 Å². The first-order chi connectivity index (χ1) is 12.8. The molecule has 2 rings (SSSR count).